The Labute approximate surface area is 72.9 Å². The number of carbonyl (C=O) groups is 1. The van der Waals surface area contributed by atoms with Gasteiger partial charge in [0.05, 0.1) is 0 Å². The van der Waals surface area contributed by atoms with Crippen molar-refractivity contribution in [1.29, 1.82) is 0 Å². The Morgan fingerprint density at radius 2 is 2.08 bits per heavy atom. The molecule has 0 aromatic heterocycles. The van der Waals surface area contributed by atoms with Gasteiger partial charge in [0.15, 0.2) is 5.78 Å². The molecule has 0 saturated heterocycles. The van der Waals surface area contributed by atoms with E-state index < -0.39 is 17.5 Å². The smallest absolute Gasteiger partial charge is 0.385 e. The highest BCUT2D eigenvalue weighted by Gasteiger charge is 2.46. The molecule has 0 radical (unpaired) electrons. The highest BCUT2D eigenvalue weighted by atomic mass is 16.8. The standard InChI is InChI=1S/C8H6O5/c9-4-2-1-3-5-6(4)7(10)8(11,12)13-5/h1-3,10-12H. The molecule has 0 saturated carbocycles. The first kappa shape index (κ1) is 8.03. The van der Waals surface area contributed by atoms with Crippen molar-refractivity contribution in [1.82, 2.24) is 0 Å². The van der Waals surface area contributed by atoms with Crippen LogP contribution >= 0.6 is 0 Å². The topological polar surface area (TPSA) is 87.0 Å². The molecule has 1 heterocycles. The summed E-state index contributed by atoms with van der Waals surface area (Å²) in [7, 11) is 0. The fraction of sp³-hybridized carbons (Fsp3) is 0.125. The van der Waals surface area contributed by atoms with Gasteiger partial charge in [-0.25, -0.2) is 0 Å². The van der Waals surface area contributed by atoms with Crippen molar-refractivity contribution in [2.75, 3.05) is 0 Å². The van der Waals surface area contributed by atoms with Crippen LogP contribution in [0.1, 0.15) is 0 Å². The molecule has 3 N–H and O–H groups in total. The minimum Gasteiger partial charge on any atom is -0.503 e. The number of hydrogen-bond donors (Lipinski definition) is 3. The first-order valence-corrected chi connectivity index (χ1v) is 3.53. The summed E-state index contributed by atoms with van der Waals surface area (Å²) in [6.07, 6.45) is 3.96. The molecule has 0 spiro atoms. The number of aliphatic hydroxyl groups excluding tert-OH is 1. The molecule has 0 atom stereocenters. The fourth-order valence-corrected chi connectivity index (χ4v) is 1.19. The van der Waals surface area contributed by atoms with Crippen LogP contribution in [0.5, 0.6) is 0 Å². The van der Waals surface area contributed by atoms with Gasteiger partial charge < -0.3 is 20.1 Å². The number of aliphatic hydroxyl groups is 3. The van der Waals surface area contributed by atoms with Crippen LogP contribution in [0.3, 0.4) is 0 Å². The fourth-order valence-electron chi connectivity index (χ4n) is 1.19. The Morgan fingerprint density at radius 3 is 2.69 bits per heavy atom. The van der Waals surface area contributed by atoms with E-state index in [4.69, 9.17) is 10.2 Å². The van der Waals surface area contributed by atoms with Crippen LogP contribution in [0.15, 0.2) is 35.3 Å². The van der Waals surface area contributed by atoms with Crippen molar-refractivity contribution in [2.24, 2.45) is 0 Å². The zero-order valence-corrected chi connectivity index (χ0v) is 6.39. The molecule has 0 unspecified atom stereocenters. The Kier molecular flexibility index (Phi) is 1.37. The Hall–Kier alpha value is -1.59. The molecule has 5 nitrogen and oxygen atoms in total. The molecule has 2 rings (SSSR count). The first-order valence-electron chi connectivity index (χ1n) is 3.53. The molecule has 5 heteroatoms. The van der Waals surface area contributed by atoms with Crippen molar-refractivity contribution in [2.45, 2.75) is 5.97 Å². The lowest BCUT2D eigenvalue weighted by Crippen LogP contribution is -2.29. The van der Waals surface area contributed by atoms with Crippen molar-refractivity contribution in [3.8, 4) is 0 Å². The van der Waals surface area contributed by atoms with Gasteiger partial charge >= 0.3 is 5.97 Å². The van der Waals surface area contributed by atoms with E-state index in [0.29, 0.717) is 0 Å². The van der Waals surface area contributed by atoms with Crippen LogP contribution in [-0.4, -0.2) is 27.1 Å². The second kappa shape index (κ2) is 2.21. The summed E-state index contributed by atoms with van der Waals surface area (Å²) in [4.78, 5) is 11.1. The molecular weight excluding hydrogens is 176 g/mol. The van der Waals surface area contributed by atoms with Gasteiger partial charge in [-0.2, -0.15) is 0 Å². The summed E-state index contributed by atoms with van der Waals surface area (Å²) >= 11 is 0. The average Bonchev–Trinajstić information content (AvgIpc) is 2.24. The summed E-state index contributed by atoms with van der Waals surface area (Å²) in [5.74, 6) is -4.19. The van der Waals surface area contributed by atoms with Crippen molar-refractivity contribution < 1.29 is 24.9 Å². The van der Waals surface area contributed by atoms with E-state index >= 15 is 0 Å². The molecule has 0 aromatic carbocycles. The van der Waals surface area contributed by atoms with Crippen LogP contribution in [0, 0.1) is 0 Å². The van der Waals surface area contributed by atoms with E-state index in [1.165, 1.54) is 18.2 Å². The third kappa shape index (κ3) is 0.980. The Morgan fingerprint density at radius 1 is 1.38 bits per heavy atom. The van der Waals surface area contributed by atoms with Gasteiger partial charge in [-0.15, -0.1) is 0 Å². The van der Waals surface area contributed by atoms with E-state index in [0.717, 1.165) is 0 Å². The molecule has 2 aliphatic rings. The van der Waals surface area contributed by atoms with Crippen LogP contribution in [0.25, 0.3) is 0 Å². The first-order chi connectivity index (χ1) is 6.02. The van der Waals surface area contributed by atoms with Gasteiger partial charge in [-0.1, -0.05) is 6.08 Å². The molecule has 0 aromatic rings. The second-order valence-electron chi connectivity index (χ2n) is 2.69. The third-order valence-electron chi connectivity index (χ3n) is 1.79. The lowest BCUT2D eigenvalue weighted by atomic mass is 10.0. The number of ketones is 1. The van der Waals surface area contributed by atoms with Gasteiger partial charge in [0.25, 0.3) is 0 Å². The quantitative estimate of drug-likeness (QED) is 0.439. The van der Waals surface area contributed by atoms with Crippen molar-refractivity contribution in [3.63, 3.8) is 0 Å². The molecular formula is C8H6O5. The van der Waals surface area contributed by atoms with Gasteiger partial charge in [0.2, 0.25) is 5.76 Å². The van der Waals surface area contributed by atoms with Gasteiger partial charge in [0.1, 0.15) is 11.3 Å². The van der Waals surface area contributed by atoms with E-state index in [2.05, 4.69) is 4.74 Å². The largest absolute Gasteiger partial charge is 0.503 e. The Bertz CT molecular complexity index is 372. The predicted molar refractivity (Wildman–Crippen MR) is 40.1 cm³/mol. The van der Waals surface area contributed by atoms with E-state index in [-0.39, 0.29) is 11.3 Å². The maximum atomic E-state index is 11.1. The van der Waals surface area contributed by atoms with Gasteiger partial charge in [-0.05, 0) is 12.2 Å². The molecule has 0 amide bonds. The lowest BCUT2D eigenvalue weighted by Gasteiger charge is -2.14. The van der Waals surface area contributed by atoms with Crippen LogP contribution < -0.4 is 0 Å². The van der Waals surface area contributed by atoms with Crippen molar-refractivity contribution >= 4 is 5.78 Å². The van der Waals surface area contributed by atoms with Gasteiger partial charge in [-0.3, -0.25) is 4.79 Å². The summed E-state index contributed by atoms with van der Waals surface area (Å²) in [5, 5.41) is 27.2. The molecule has 1 aliphatic carbocycles. The summed E-state index contributed by atoms with van der Waals surface area (Å²) in [6, 6.07) is 0. The molecule has 1 aliphatic heterocycles. The summed E-state index contributed by atoms with van der Waals surface area (Å²) in [6.45, 7) is 0. The average molecular weight is 182 g/mol. The maximum absolute atomic E-state index is 11.1. The highest BCUT2D eigenvalue weighted by Crippen LogP contribution is 2.35. The molecule has 0 fully saturated rings. The maximum Gasteiger partial charge on any atom is 0.385 e. The van der Waals surface area contributed by atoms with E-state index in [9.17, 15) is 9.90 Å². The summed E-state index contributed by atoms with van der Waals surface area (Å²) < 4.78 is 4.51. The normalized spacial score (nSPS) is 24.2. The zero-order chi connectivity index (χ0) is 9.64. The molecule has 13 heavy (non-hydrogen) atoms. The zero-order valence-electron chi connectivity index (χ0n) is 6.39. The SMILES string of the molecule is O=C1C=CC=C2OC(O)(O)C(O)=C12. The lowest BCUT2D eigenvalue weighted by molar-refractivity contribution is -0.296. The van der Waals surface area contributed by atoms with Crippen LogP contribution in [-0.2, 0) is 9.53 Å². The van der Waals surface area contributed by atoms with Gasteiger partial charge in [0, 0.05) is 0 Å². The minimum atomic E-state index is -2.77. The number of allylic oxidation sites excluding steroid dienone is 4. The van der Waals surface area contributed by atoms with E-state index in [1.54, 1.807) is 0 Å². The molecule has 68 valence electrons. The minimum absolute atomic E-state index is 0.0324. The molecule has 0 bridgehead atoms. The number of hydrogen-bond acceptors (Lipinski definition) is 5. The number of ether oxygens (including phenoxy) is 1. The third-order valence-corrected chi connectivity index (χ3v) is 1.79. The monoisotopic (exact) mass is 182 g/mol. The van der Waals surface area contributed by atoms with Crippen LogP contribution in [0.2, 0.25) is 0 Å². The predicted octanol–water partition coefficient (Wildman–Crippen LogP) is -0.510. The number of carbonyl (C=O) groups excluding carboxylic acids is 1. The Balaban J connectivity index is 2.58. The summed E-state index contributed by atoms with van der Waals surface area (Å²) in [5.41, 5.74) is -0.201. The second-order valence-corrected chi connectivity index (χ2v) is 2.69. The highest BCUT2D eigenvalue weighted by molar-refractivity contribution is 6.09. The van der Waals surface area contributed by atoms with Crippen LogP contribution in [0.4, 0.5) is 0 Å². The van der Waals surface area contributed by atoms with E-state index in [1.807, 2.05) is 0 Å². The number of rotatable bonds is 0. The van der Waals surface area contributed by atoms with Crippen molar-refractivity contribution in [3.05, 3.63) is 35.3 Å². The number of fused-ring (bicyclic) bond motifs is 1.